The molecule has 26 heavy (non-hydrogen) atoms. The number of hydrogen-bond acceptors (Lipinski definition) is 6. The second-order valence-corrected chi connectivity index (χ2v) is 7.37. The first-order valence-corrected chi connectivity index (χ1v) is 9.75. The van der Waals surface area contributed by atoms with Gasteiger partial charge in [-0.3, -0.25) is 20.4 Å². The topological polar surface area (TPSA) is 102 Å². The molecule has 0 radical (unpaired) electrons. The second kappa shape index (κ2) is 9.00. The van der Waals surface area contributed by atoms with Gasteiger partial charge in [0.15, 0.2) is 0 Å². The number of rotatable bonds is 5. The van der Waals surface area contributed by atoms with Crippen molar-refractivity contribution in [1.82, 2.24) is 31.1 Å². The van der Waals surface area contributed by atoms with Gasteiger partial charge in [-0.05, 0) is 47.5 Å². The highest BCUT2D eigenvalue weighted by Gasteiger charge is 2.20. The lowest BCUT2D eigenvalue weighted by Gasteiger charge is -2.21. The Hall–Kier alpha value is -2.13. The third-order valence-corrected chi connectivity index (χ3v) is 5.32. The van der Waals surface area contributed by atoms with Gasteiger partial charge in [-0.1, -0.05) is 42.6 Å². The van der Waals surface area contributed by atoms with Crippen molar-refractivity contribution in [3.05, 3.63) is 34.9 Å². The first-order chi connectivity index (χ1) is 12.6. The quantitative estimate of drug-likeness (QED) is 0.596. The summed E-state index contributed by atoms with van der Waals surface area (Å²) in [5.41, 5.74) is 5.17. The predicted octanol–water partition coefficient (Wildman–Crippen LogP) is 2.39. The lowest BCUT2D eigenvalue weighted by Crippen LogP contribution is -2.42. The molecule has 0 unspecified atom stereocenters. The number of tetrazole rings is 1. The number of nitrogens with zero attached hydrogens (tertiary/aromatic N) is 4. The summed E-state index contributed by atoms with van der Waals surface area (Å²) in [4.78, 5) is 23.9. The van der Waals surface area contributed by atoms with Crippen LogP contribution >= 0.6 is 23.4 Å². The van der Waals surface area contributed by atoms with Gasteiger partial charge in [0.05, 0.1) is 11.8 Å². The lowest BCUT2D eigenvalue weighted by atomic mass is 9.96. The summed E-state index contributed by atoms with van der Waals surface area (Å²) in [7, 11) is 0. The van der Waals surface area contributed by atoms with E-state index in [4.69, 9.17) is 11.6 Å². The highest BCUT2D eigenvalue weighted by Crippen LogP contribution is 2.30. The van der Waals surface area contributed by atoms with Crippen LogP contribution in [0.25, 0.3) is 0 Å². The molecule has 0 bridgehead atoms. The molecule has 1 aliphatic carbocycles. The Morgan fingerprint density at radius 1 is 1.15 bits per heavy atom. The first-order valence-electron chi connectivity index (χ1n) is 8.39. The smallest absolute Gasteiger partial charge is 0.269 e. The maximum absolute atomic E-state index is 12.0. The second-order valence-electron chi connectivity index (χ2n) is 6.00. The molecule has 1 saturated carbocycles. The predicted molar refractivity (Wildman–Crippen MR) is 97.7 cm³/mol. The third-order valence-electron chi connectivity index (χ3n) is 4.14. The summed E-state index contributed by atoms with van der Waals surface area (Å²) in [6.45, 7) is 0. The fourth-order valence-electron chi connectivity index (χ4n) is 2.80. The molecule has 10 heteroatoms. The number of halogens is 1. The van der Waals surface area contributed by atoms with Crippen LogP contribution in [0.1, 0.15) is 48.5 Å². The Bertz CT molecular complexity index is 760. The molecular weight excluding hydrogens is 376 g/mol. The van der Waals surface area contributed by atoms with Gasteiger partial charge in [0, 0.05) is 10.6 Å². The van der Waals surface area contributed by atoms with Crippen molar-refractivity contribution in [1.29, 1.82) is 0 Å². The van der Waals surface area contributed by atoms with E-state index in [2.05, 4.69) is 26.4 Å². The van der Waals surface area contributed by atoms with Gasteiger partial charge < -0.3 is 0 Å². The molecular formula is C16H19ClN6O2S. The molecule has 2 N–H and O–H groups in total. The Labute approximate surface area is 160 Å². The molecule has 0 aliphatic heterocycles. The van der Waals surface area contributed by atoms with E-state index in [0.717, 1.165) is 12.8 Å². The van der Waals surface area contributed by atoms with Crippen molar-refractivity contribution in [2.45, 2.75) is 43.3 Å². The normalized spacial score (nSPS) is 14.8. The summed E-state index contributed by atoms with van der Waals surface area (Å²) < 4.78 is 1.81. The zero-order chi connectivity index (χ0) is 18.4. The minimum absolute atomic E-state index is 0.105. The van der Waals surface area contributed by atoms with E-state index in [-0.39, 0.29) is 11.7 Å². The van der Waals surface area contributed by atoms with E-state index in [1.807, 2.05) is 4.68 Å². The van der Waals surface area contributed by atoms with E-state index in [1.54, 1.807) is 24.3 Å². The van der Waals surface area contributed by atoms with Crippen molar-refractivity contribution in [2.24, 2.45) is 0 Å². The number of hydrogen-bond donors (Lipinski definition) is 2. The number of thioether (sulfide) groups is 1. The summed E-state index contributed by atoms with van der Waals surface area (Å²) >= 11 is 7.03. The van der Waals surface area contributed by atoms with E-state index in [9.17, 15) is 9.59 Å². The van der Waals surface area contributed by atoms with E-state index >= 15 is 0 Å². The monoisotopic (exact) mass is 394 g/mol. The molecule has 1 fully saturated rings. The Morgan fingerprint density at radius 2 is 1.88 bits per heavy atom. The van der Waals surface area contributed by atoms with Crippen molar-refractivity contribution < 1.29 is 9.59 Å². The van der Waals surface area contributed by atoms with Gasteiger partial charge in [-0.15, -0.1) is 5.10 Å². The highest BCUT2D eigenvalue weighted by atomic mass is 35.5. The average molecular weight is 395 g/mol. The zero-order valence-corrected chi connectivity index (χ0v) is 15.6. The molecule has 0 saturated heterocycles. The molecule has 1 aliphatic rings. The molecule has 2 amide bonds. The molecule has 1 aromatic heterocycles. The van der Waals surface area contributed by atoms with Crippen molar-refractivity contribution in [3.63, 3.8) is 0 Å². The molecule has 3 rings (SSSR count). The number of carbonyl (C=O) groups is 2. The van der Waals surface area contributed by atoms with E-state index < -0.39 is 5.91 Å². The standard InChI is InChI=1S/C16H19ClN6O2S/c17-12-8-6-11(7-9-12)15(25)19-18-14(24)10-26-16-20-21-22-23(16)13-4-2-1-3-5-13/h6-9,13H,1-5,10H2,(H,18,24)(H,19,25). The summed E-state index contributed by atoms with van der Waals surface area (Å²) in [5.74, 6) is -0.642. The summed E-state index contributed by atoms with van der Waals surface area (Å²) in [6.07, 6.45) is 5.71. The Balaban J connectivity index is 1.46. The van der Waals surface area contributed by atoms with E-state index in [1.165, 1.54) is 31.0 Å². The van der Waals surface area contributed by atoms with Crippen LogP contribution in [0.4, 0.5) is 0 Å². The third kappa shape index (κ3) is 4.95. The average Bonchev–Trinajstić information content (AvgIpc) is 3.14. The van der Waals surface area contributed by atoms with Crippen molar-refractivity contribution in [3.8, 4) is 0 Å². The Kier molecular flexibility index (Phi) is 6.45. The minimum Gasteiger partial charge on any atom is -0.272 e. The van der Waals surface area contributed by atoms with Gasteiger partial charge in [0.1, 0.15) is 0 Å². The van der Waals surface area contributed by atoms with Crippen LogP contribution in [0.15, 0.2) is 29.4 Å². The minimum atomic E-state index is -0.410. The molecule has 0 atom stereocenters. The van der Waals surface area contributed by atoms with Crippen LogP contribution in [0.5, 0.6) is 0 Å². The van der Waals surface area contributed by atoms with Crippen LogP contribution in [0, 0.1) is 0 Å². The first kappa shape index (κ1) is 18.7. The number of amides is 2. The number of hydrazine groups is 1. The highest BCUT2D eigenvalue weighted by molar-refractivity contribution is 7.99. The largest absolute Gasteiger partial charge is 0.272 e. The summed E-state index contributed by atoms with van der Waals surface area (Å²) in [6, 6.07) is 6.68. The molecule has 1 heterocycles. The number of aromatic nitrogens is 4. The number of carbonyl (C=O) groups excluding carboxylic acids is 2. The van der Waals surface area contributed by atoms with Gasteiger partial charge in [0.25, 0.3) is 5.91 Å². The molecule has 1 aromatic carbocycles. The maximum Gasteiger partial charge on any atom is 0.269 e. The van der Waals surface area contributed by atoms with Gasteiger partial charge in [-0.2, -0.15) is 0 Å². The van der Waals surface area contributed by atoms with E-state index in [0.29, 0.717) is 21.8 Å². The molecule has 8 nitrogen and oxygen atoms in total. The van der Waals surface area contributed by atoms with Gasteiger partial charge >= 0.3 is 0 Å². The maximum atomic E-state index is 12.0. The van der Waals surface area contributed by atoms with Crippen LogP contribution in [0.3, 0.4) is 0 Å². The lowest BCUT2D eigenvalue weighted by molar-refractivity contribution is -0.119. The van der Waals surface area contributed by atoms with Crippen LogP contribution < -0.4 is 10.9 Å². The van der Waals surface area contributed by atoms with Gasteiger partial charge in [0.2, 0.25) is 11.1 Å². The van der Waals surface area contributed by atoms with Crippen LogP contribution in [-0.2, 0) is 4.79 Å². The van der Waals surface area contributed by atoms with Crippen LogP contribution in [0.2, 0.25) is 5.02 Å². The molecule has 138 valence electrons. The Morgan fingerprint density at radius 3 is 2.62 bits per heavy atom. The fourth-order valence-corrected chi connectivity index (χ4v) is 3.67. The van der Waals surface area contributed by atoms with Gasteiger partial charge in [-0.25, -0.2) is 4.68 Å². The van der Waals surface area contributed by atoms with Crippen molar-refractivity contribution in [2.75, 3.05) is 5.75 Å². The SMILES string of the molecule is O=C(CSc1nnnn1C1CCCCC1)NNC(=O)c1ccc(Cl)cc1. The van der Waals surface area contributed by atoms with Crippen molar-refractivity contribution >= 4 is 35.2 Å². The summed E-state index contributed by atoms with van der Waals surface area (Å²) in [5, 5.41) is 12.9. The molecule has 0 spiro atoms. The molecule has 2 aromatic rings. The number of nitrogens with one attached hydrogen (secondary N) is 2. The zero-order valence-electron chi connectivity index (χ0n) is 14.0. The number of benzene rings is 1. The van der Waals surface area contributed by atoms with Crippen LogP contribution in [-0.4, -0.2) is 37.8 Å². The fraction of sp³-hybridized carbons (Fsp3) is 0.438.